The van der Waals surface area contributed by atoms with Crippen LogP contribution in [0.25, 0.3) is 0 Å². The number of allylic oxidation sites excluding steroid dienone is 2. The fraction of sp³-hybridized carbons (Fsp3) is 0.577. The predicted molar refractivity (Wildman–Crippen MR) is 131 cm³/mol. The Morgan fingerprint density at radius 1 is 1.18 bits per heavy atom. The van der Waals surface area contributed by atoms with Crippen LogP contribution in [0.15, 0.2) is 48.0 Å². The summed E-state index contributed by atoms with van der Waals surface area (Å²) in [5, 5.41) is 8.93. The summed E-state index contributed by atoms with van der Waals surface area (Å²) in [7, 11) is -0.522. The van der Waals surface area contributed by atoms with E-state index in [-0.39, 0.29) is 19.2 Å². The lowest BCUT2D eigenvalue weighted by Crippen LogP contribution is -2.41. The van der Waals surface area contributed by atoms with Crippen molar-refractivity contribution >= 4 is 13.1 Å². The number of aliphatic hydroxyl groups is 1. The largest absolute Gasteiger partial charge is 0.494 e. The highest BCUT2D eigenvalue weighted by atomic mass is 16.7. The minimum Gasteiger partial charge on any atom is -0.491 e. The van der Waals surface area contributed by atoms with E-state index < -0.39 is 24.4 Å². The van der Waals surface area contributed by atoms with Crippen molar-refractivity contribution in [3.63, 3.8) is 0 Å². The van der Waals surface area contributed by atoms with Crippen molar-refractivity contribution in [3.8, 4) is 5.75 Å². The molecular formula is C26H39BO6. The lowest BCUT2D eigenvalue weighted by atomic mass is 9.72. The summed E-state index contributed by atoms with van der Waals surface area (Å²) in [5.74, 6) is 0.298. The van der Waals surface area contributed by atoms with Crippen LogP contribution in [-0.2, 0) is 18.8 Å². The molecule has 0 amide bonds. The standard InChI is InChI=1S/C26H39BO6/c1-8-9-10-19(2)23(27-32-25(4,5)26(6,7)33-27)15-16-24(31-20(3)29)21-11-13-22(14-12-21)30-18-17-28/h11-15,24,28H,2,8-10,16-18H2,1,3-7H3/b23-15-/t24-/m0/s1. The van der Waals surface area contributed by atoms with Gasteiger partial charge in [-0.2, -0.15) is 0 Å². The van der Waals surface area contributed by atoms with Crippen LogP contribution in [0, 0.1) is 0 Å². The predicted octanol–water partition coefficient (Wildman–Crippen LogP) is 5.36. The summed E-state index contributed by atoms with van der Waals surface area (Å²) in [4.78, 5) is 11.8. The third kappa shape index (κ3) is 7.46. The average molecular weight is 458 g/mol. The van der Waals surface area contributed by atoms with Crippen LogP contribution in [0.3, 0.4) is 0 Å². The fourth-order valence-electron chi connectivity index (χ4n) is 3.54. The molecule has 1 aliphatic rings. The molecule has 182 valence electrons. The smallest absolute Gasteiger partial charge is 0.491 e. The number of benzene rings is 1. The molecule has 1 heterocycles. The highest BCUT2D eigenvalue weighted by Crippen LogP contribution is 2.40. The monoisotopic (exact) mass is 458 g/mol. The van der Waals surface area contributed by atoms with Crippen molar-refractivity contribution in [2.45, 2.75) is 84.5 Å². The molecule has 0 bridgehead atoms. The zero-order valence-corrected chi connectivity index (χ0v) is 21.0. The lowest BCUT2D eigenvalue weighted by molar-refractivity contribution is -0.146. The highest BCUT2D eigenvalue weighted by molar-refractivity contribution is 6.56. The first-order chi connectivity index (χ1) is 15.5. The number of carbonyl (C=O) groups excluding carboxylic acids is 1. The second-order valence-corrected chi connectivity index (χ2v) is 9.43. The molecule has 1 aromatic carbocycles. The van der Waals surface area contributed by atoms with Gasteiger partial charge in [-0.05, 0) is 63.7 Å². The third-order valence-corrected chi connectivity index (χ3v) is 6.22. The van der Waals surface area contributed by atoms with Gasteiger partial charge in [-0.1, -0.05) is 43.7 Å². The van der Waals surface area contributed by atoms with Crippen LogP contribution in [-0.4, -0.2) is 42.6 Å². The van der Waals surface area contributed by atoms with E-state index >= 15 is 0 Å². The Labute approximate surface area is 199 Å². The van der Waals surface area contributed by atoms with Crippen LogP contribution in [0.2, 0.25) is 0 Å². The quantitative estimate of drug-likeness (QED) is 0.258. The van der Waals surface area contributed by atoms with Gasteiger partial charge in [0.2, 0.25) is 0 Å². The molecule has 0 aromatic heterocycles. The average Bonchev–Trinajstić information content (AvgIpc) is 2.96. The van der Waals surface area contributed by atoms with E-state index in [9.17, 15) is 4.79 Å². The number of unbranched alkanes of at least 4 members (excludes halogenated alkanes) is 1. The summed E-state index contributed by atoms with van der Waals surface area (Å²) in [6, 6.07) is 7.35. The van der Waals surface area contributed by atoms with E-state index in [1.54, 1.807) is 12.1 Å². The van der Waals surface area contributed by atoms with E-state index in [0.29, 0.717) is 12.2 Å². The number of esters is 1. The van der Waals surface area contributed by atoms with Gasteiger partial charge in [0, 0.05) is 13.3 Å². The van der Waals surface area contributed by atoms with Crippen molar-refractivity contribution < 1.29 is 28.7 Å². The molecule has 1 aromatic rings. The first-order valence-electron chi connectivity index (χ1n) is 11.8. The SMILES string of the molecule is C=C(CCCC)/C(=C/C[C@H](OC(C)=O)c1ccc(OCCO)cc1)B1OC(C)(C)C(C)(C)O1. The first kappa shape index (κ1) is 27.2. The molecule has 0 saturated carbocycles. The second kappa shape index (κ2) is 11.9. The number of hydrogen-bond acceptors (Lipinski definition) is 6. The Morgan fingerprint density at radius 3 is 2.30 bits per heavy atom. The van der Waals surface area contributed by atoms with Gasteiger partial charge in [-0.3, -0.25) is 4.79 Å². The highest BCUT2D eigenvalue weighted by Gasteiger charge is 2.52. The summed E-state index contributed by atoms with van der Waals surface area (Å²) in [6.07, 6.45) is 4.96. The zero-order valence-electron chi connectivity index (χ0n) is 21.0. The minimum absolute atomic E-state index is 0.0494. The maximum absolute atomic E-state index is 11.8. The molecule has 33 heavy (non-hydrogen) atoms. The maximum atomic E-state index is 11.8. The molecule has 7 heteroatoms. The minimum atomic E-state index is -0.522. The van der Waals surface area contributed by atoms with E-state index in [1.807, 2.05) is 45.9 Å². The Bertz CT molecular complexity index is 812. The van der Waals surface area contributed by atoms with E-state index in [1.165, 1.54) is 6.92 Å². The van der Waals surface area contributed by atoms with Gasteiger partial charge in [0.25, 0.3) is 0 Å². The Kier molecular flexibility index (Phi) is 9.76. The van der Waals surface area contributed by atoms with E-state index in [4.69, 9.17) is 23.9 Å². The molecule has 0 aliphatic carbocycles. The van der Waals surface area contributed by atoms with Gasteiger partial charge in [0.05, 0.1) is 17.8 Å². The molecule has 1 atom stereocenters. The van der Waals surface area contributed by atoms with Crippen LogP contribution in [0.1, 0.15) is 78.9 Å². The lowest BCUT2D eigenvalue weighted by Gasteiger charge is -2.32. The van der Waals surface area contributed by atoms with Gasteiger partial charge in [-0.15, -0.1) is 0 Å². The van der Waals surface area contributed by atoms with Crippen molar-refractivity contribution in [2.75, 3.05) is 13.2 Å². The number of rotatable bonds is 12. The Balaban J connectivity index is 2.29. The molecule has 2 rings (SSSR count). The van der Waals surface area contributed by atoms with Gasteiger partial charge in [0.1, 0.15) is 18.5 Å². The normalized spacial score (nSPS) is 18.2. The maximum Gasteiger partial charge on any atom is 0.494 e. The molecule has 1 fully saturated rings. The van der Waals surface area contributed by atoms with Crippen molar-refractivity contribution in [3.05, 3.63) is 53.5 Å². The van der Waals surface area contributed by atoms with Crippen molar-refractivity contribution in [1.82, 2.24) is 0 Å². The number of hydrogen-bond donors (Lipinski definition) is 1. The number of aliphatic hydroxyl groups excluding tert-OH is 1. The molecule has 6 nitrogen and oxygen atoms in total. The third-order valence-electron chi connectivity index (χ3n) is 6.22. The molecule has 0 spiro atoms. The summed E-state index contributed by atoms with van der Waals surface area (Å²) in [6.45, 7) is 16.2. The molecular weight excluding hydrogens is 419 g/mol. The van der Waals surface area contributed by atoms with E-state index in [2.05, 4.69) is 13.5 Å². The van der Waals surface area contributed by atoms with Gasteiger partial charge < -0.3 is 23.9 Å². The number of ether oxygens (including phenoxy) is 2. The topological polar surface area (TPSA) is 74.2 Å². The Morgan fingerprint density at radius 2 is 1.79 bits per heavy atom. The molecule has 1 aliphatic heterocycles. The number of carbonyl (C=O) groups is 1. The molecule has 1 N–H and O–H groups in total. The van der Waals surface area contributed by atoms with E-state index in [0.717, 1.165) is 35.9 Å². The van der Waals surface area contributed by atoms with Crippen molar-refractivity contribution in [1.29, 1.82) is 0 Å². The molecule has 0 radical (unpaired) electrons. The van der Waals surface area contributed by atoms with Crippen molar-refractivity contribution in [2.24, 2.45) is 0 Å². The molecule has 0 unspecified atom stereocenters. The fourth-order valence-corrected chi connectivity index (χ4v) is 3.54. The second-order valence-electron chi connectivity index (χ2n) is 9.43. The van der Waals surface area contributed by atoms with Crippen LogP contribution in [0.5, 0.6) is 5.75 Å². The Hall–Kier alpha value is -2.09. The molecule has 1 saturated heterocycles. The summed E-state index contributed by atoms with van der Waals surface area (Å²) < 4.78 is 23.7. The van der Waals surface area contributed by atoms with Gasteiger partial charge in [-0.25, -0.2) is 0 Å². The summed E-state index contributed by atoms with van der Waals surface area (Å²) in [5.41, 5.74) is 1.82. The first-order valence-corrected chi connectivity index (χ1v) is 11.8. The van der Waals surface area contributed by atoms with Crippen LogP contribution >= 0.6 is 0 Å². The van der Waals surface area contributed by atoms with Crippen LogP contribution in [0.4, 0.5) is 0 Å². The van der Waals surface area contributed by atoms with Gasteiger partial charge in [0.15, 0.2) is 0 Å². The van der Waals surface area contributed by atoms with Crippen LogP contribution < -0.4 is 4.74 Å². The summed E-state index contributed by atoms with van der Waals surface area (Å²) >= 11 is 0. The zero-order chi connectivity index (χ0) is 24.6. The van der Waals surface area contributed by atoms with Gasteiger partial charge >= 0.3 is 13.1 Å².